The molecule has 1 aromatic carbocycles. The van der Waals surface area contributed by atoms with Crippen LogP contribution in [0.4, 0.5) is 0 Å². The topological polar surface area (TPSA) is 54.5 Å². The standard InChI is InChI=1S/C15H10Cl2N4/c16-8-14-20-13-7-11(17)9-19-15(13)21(14)12-3-1-10(2-4-12)5-6-18/h1-4,7,9H,5,8H2. The van der Waals surface area contributed by atoms with Gasteiger partial charge < -0.3 is 0 Å². The number of nitriles is 1. The first-order valence-electron chi connectivity index (χ1n) is 6.28. The Morgan fingerprint density at radius 3 is 2.67 bits per heavy atom. The Labute approximate surface area is 131 Å². The second kappa shape index (κ2) is 5.72. The number of rotatable bonds is 3. The average molecular weight is 317 g/mol. The van der Waals surface area contributed by atoms with Crippen molar-refractivity contribution in [2.45, 2.75) is 12.3 Å². The SMILES string of the molecule is N#CCc1ccc(-n2c(CCl)nc3cc(Cl)cnc32)cc1. The van der Waals surface area contributed by atoms with Gasteiger partial charge in [-0.25, -0.2) is 9.97 Å². The Hall–Kier alpha value is -2.09. The van der Waals surface area contributed by atoms with Gasteiger partial charge in [0.1, 0.15) is 11.3 Å². The highest BCUT2D eigenvalue weighted by molar-refractivity contribution is 6.31. The normalized spacial score (nSPS) is 10.7. The molecule has 0 aliphatic rings. The average Bonchev–Trinajstić information content (AvgIpc) is 2.86. The third kappa shape index (κ3) is 2.58. The first-order valence-corrected chi connectivity index (χ1v) is 7.19. The molecule has 0 unspecified atom stereocenters. The second-order valence-electron chi connectivity index (χ2n) is 4.49. The number of aromatic nitrogens is 3. The highest BCUT2D eigenvalue weighted by atomic mass is 35.5. The molecule has 2 aromatic heterocycles. The molecule has 6 heteroatoms. The summed E-state index contributed by atoms with van der Waals surface area (Å²) in [6.07, 6.45) is 1.98. The monoisotopic (exact) mass is 316 g/mol. The maximum Gasteiger partial charge on any atom is 0.164 e. The predicted molar refractivity (Wildman–Crippen MR) is 82.7 cm³/mol. The Kier molecular flexibility index (Phi) is 3.78. The summed E-state index contributed by atoms with van der Waals surface area (Å²) in [5.74, 6) is 0.975. The van der Waals surface area contributed by atoms with Crippen LogP contribution in [0.1, 0.15) is 11.4 Å². The summed E-state index contributed by atoms with van der Waals surface area (Å²) in [5, 5.41) is 9.26. The van der Waals surface area contributed by atoms with E-state index in [2.05, 4.69) is 16.0 Å². The Balaban J connectivity index is 2.16. The lowest BCUT2D eigenvalue weighted by Crippen LogP contribution is -2.00. The largest absolute Gasteiger partial charge is 0.280 e. The van der Waals surface area contributed by atoms with Crippen LogP contribution >= 0.6 is 23.2 Å². The maximum atomic E-state index is 8.72. The van der Waals surface area contributed by atoms with E-state index in [0.29, 0.717) is 28.4 Å². The zero-order valence-corrected chi connectivity index (χ0v) is 12.4. The second-order valence-corrected chi connectivity index (χ2v) is 5.20. The van der Waals surface area contributed by atoms with Gasteiger partial charge >= 0.3 is 0 Å². The molecular weight excluding hydrogens is 307 g/mol. The summed E-state index contributed by atoms with van der Waals surface area (Å²) in [7, 11) is 0. The van der Waals surface area contributed by atoms with Gasteiger partial charge in [-0.05, 0) is 23.8 Å². The number of hydrogen-bond acceptors (Lipinski definition) is 3. The maximum absolute atomic E-state index is 8.72. The van der Waals surface area contributed by atoms with Crippen LogP contribution in [0, 0.1) is 11.3 Å². The molecule has 0 saturated carbocycles. The molecular formula is C15H10Cl2N4. The van der Waals surface area contributed by atoms with Crippen LogP contribution in [0.2, 0.25) is 5.02 Å². The van der Waals surface area contributed by atoms with E-state index in [1.165, 1.54) is 0 Å². The fourth-order valence-corrected chi connectivity index (χ4v) is 2.53. The molecule has 0 amide bonds. The third-order valence-electron chi connectivity index (χ3n) is 3.13. The third-order valence-corrected chi connectivity index (χ3v) is 3.58. The van der Waals surface area contributed by atoms with Crippen LogP contribution in [0.25, 0.3) is 16.9 Å². The van der Waals surface area contributed by atoms with E-state index in [1.54, 1.807) is 12.3 Å². The van der Waals surface area contributed by atoms with Gasteiger partial charge in [0.15, 0.2) is 5.65 Å². The number of pyridine rings is 1. The number of benzene rings is 1. The van der Waals surface area contributed by atoms with Crippen molar-refractivity contribution < 1.29 is 0 Å². The van der Waals surface area contributed by atoms with E-state index >= 15 is 0 Å². The summed E-state index contributed by atoms with van der Waals surface area (Å²) in [6.45, 7) is 0. The van der Waals surface area contributed by atoms with Crippen molar-refractivity contribution in [1.82, 2.24) is 14.5 Å². The first kappa shape index (κ1) is 13.9. The molecule has 3 rings (SSSR count). The van der Waals surface area contributed by atoms with Crippen LogP contribution in [0.5, 0.6) is 0 Å². The minimum Gasteiger partial charge on any atom is -0.280 e. The number of halogens is 2. The Morgan fingerprint density at radius 1 is 1.24 bits per heavy atom. The summed E-state index contributed by atoms with van der Waals surface area (Å²) in [6, 6.07) is 11.6. The fourth-order valence-electron chi connectivity index (χ4n) is 2.20. The molecule has 0 bridgehead atoms. The smallest absolute Gasteiger partial charge is 0.164 e. The lowest BCUT2D eigenvalue weighted by molar-refractivity contribution is 0.968. The quantitative estimate of drug-likeness (QED) is 0.689. The molecule has 104 valence electrons. The van der Waals surface area contributed by atoms with Crippen LogP contribution in [0.3, 0.4) is 0 Å². The van der Waals surface area contributed by atoms with Crippen LogP contribution < -0.4 is 0 Å². The van der Waals surface area contributed by atoms with E-state index < -0.39 is 0 Å². The van der Waals surface area contributed by atoms with E-state index in [9.17, 15) is 0 Å². The molecule has 21 heavy (non-hydrogen) atoms. The molecule has 0 aliphatic heterocycles. The van der Waals surface area contributed by atoms with Gasteiger partial charge in [-0.3, -0.25) is 4.57 Å². The molecule has 2 heterocycles. The van der Waals surface area contributed by atoms with Crippen molar-refractivity contribution in [1.29, 1.82) is 5.26 Å². The zero-order valence-electron chi connectivity index (χ0n) is 10.9. The molecule has 0 aliphatic carbocycles. The summed E-state index contributed by atoms with van der Waals surface area (Å²) in [4.78, 5) is 8.80. The van der Waals surface area contributed by atoms with Crippen LogP contribution in [-0.4, -0.2) is 14.5 Å². The number of imidazole rings is 1. The van der Waals surface area contributed by atoms with Crippen molar-refractivity contribution in [3.05, 3.63) is 52.9 Å². The van der Waals surface area contributed by atoms with Crippen molar-refractivity contribution in [3.63, 3.8) is 0 Å². The van der Waals surface area contributed by atoms with Gasteiger partial charge in [0, 0.05) is 11.9 Å². The van der Waals surface area contributed by atoms with E-state index in [1.807, 2.05) is 28.8 Å². The van der Waals surface area contributed by atoms with Gasteiger partial charge in [0.25, 0.3) is 0 Å². The Bertz CT molecular complexity index is 831. The van der Waals surface area contributed by atoms with Crippen molar-refractivity contribution in [2.75, 3.05) is 0 Å². The van der Waals surface area contributed by atoms with Gasteiger partial charge in [0.2, 0.25) is 0 Å². The van der Waals surface area contributed by atoms with Gasteiger partial charge in [0.05, 0.1) is 23.4 Å². The summed E-state index contributed by atoms with van der Waals surface area (Å²) < 4.78 is 1.90. The van der Waals surface area contributed by atoms with Crippen LogP contribution in [-0.2, 0) is 12.3 Å². The Morgan fingerprint density at radius 2 is 2.00 bits per heavy atom. The first-order chi connectivity index (χ1) is 10.2. The minimum atomic E-state index is 0.272. The summed E-state index contributed by atoms with van der Waals surface area (Å²) >= 11 is 11.9. The number of hydrogen-bond donors (Lipinski definition) is 0. The molecule has 4 nitrogen and oxygen atoms in total. The molecule has 3 aromatic rings. The van der Waals surface area contributed by atoms with E-state index in [4.69, 9.17) is 28.5 Å². The minimum absolute atomic E-state index is 0.272. The summed E-state index contributed by atoms with van der Waals surface area (Å²) in [5.41, 5.74) is 3.29. The molecule has 0 radical (unpaired) electrons. The molecule has 0 spiro atoms. The predicted octanol–water partition coefficient (Wildman–Crippen LogP) is 3.88. The van der Waals surface area contributed by atoms with Crippen LogP contribution in [0.15, 0.2) is 36.5 Å². The number of nitrogens with zero attached hydrogens (tertiary/aromatic N) is 4. The molecule has 0 saturated heterocycles. The van der Waals surface area contributed by atoms with E-state index in [-0.39, 0.29) is 5.88 Å². The van der Waals surface area contributed by atoms with Gasteiger partial charge in [-0.1, -0.05) is 23.7 Å². The highest BCUT2D eigenvalue weighted by Crippen LogP contribution is 2.23. The van der Waals surface area contributed by atoms with Gasteiger partial charge in [-0.15, -0.1) is 11.6 Å². The van der Waals surface area contributed by atoms with Crippen molar-refractivity contribution in [2.24, 2.45) is 0 Å². The molecule has 0 N–H and O–H groups in total. The molecule has 0 fully saturated rings. The molecule has 0 atom stereocenters. The lowest BCUT2D eigenvalue weighted by atomic mass is 10.1. The van der Waals surface area contributed by atoms with E-state index in [0.717, 1.165) is 11.3 Å². The lowest BCUT2D eigenvalue weighted by Gasteiger charge is -2.07. The fraction of sp³-hybridized carbons (Fsp3) is 0.133. The van der Waals surface area contributed by atoms with Gasteiger partial charge in [-0.2, -0.15) is 5.26 Å². The number of fused-ring (bicyclic) bond motifs is 1. The number of alkyl halides is 1. The van der Waals surface area contributed by atoms with Crippen molar-refractivity contribution in [3.8, 4) is 11.8 Å². The highest BCUT2D eigenvalue weighted by Gasteiger charge is 2.13. The van der Waals surface area contributed by atoms with Crippen molar-refractivity contribution >= 4 is 34.4 Å². The zero-order chi connectivity index (χ0) is 14.8.